The Labute approximate surface area is 163 Å². The molecule has 0 aliphatic carbocycles. The van der Waals surface area contributed by atoms with Gasteiger partial charge in [-0.3, -0.25) is 4.79 Å². The van der Waals surface area contributed by atoms with Crippen LogP contribution in [0.3, 0.4) is 0 Å². The Bertz CT molecular complexity index is 878. The fraction of sp³-hybridized carbons (Fsp3) is 0.190. The summed E-state index contributed by atoms with van der Waals surface area (Å²) in [5, 5.41) is 14.8. The van der Waals surface area contributed by atoms with Gasteiger partial charge in [-0.1, -0.05) is 53.6 Å². The smallest absolute Gasteiger partial charge is 0.271 e. The normalized spacial score (nSPS) is 10.4. The summed E-state index contributed by atoms with van der Waals surface area (Å²) in [6.45, 7) is 3.24. The average Bonchev–Trinajstić information content (AvgIpc) is 2.69. The second-order valence-electron chi connectivity index (χ2n) is 6.28. The van der Waals surface area contributed by atoms with Gasteiger partial charge in [-0.25, -0.2) is 0 Å². The Morgan fingerprint density at radius 3 is 2.30 bits per heavy atom. The summed E-state index contributed by atoms with van der Waals surface area (Å²) in [5.74, 6) is 0.398. The molecule has 3 aromatic rings. The van der Waals surface area contributed by atoms with Gasteiger partial charge in [-0.05, 0) is 48.7 Å². The van der Waals surface area contributed by atoms with E-state index in [2.05, 4.69) is 52.0 Å². The van der Waals surface area contributed by atoms with E-state index in [1.807, 2.05) is 24.3 Å². The Balaban J connectivity index is 1.46. The fourth-order valence-electron chi connectivity index (χ4n) is 2.51. The Morgan fingerprint density at radius 2 is 1.63 bits per heavy atom. The summed E-state index contributed by atoms with van der Waals surface area (Å²) in [5.41, 5.74) is 3.80. The first-order chi connectivity index (χ1) is 13.1. The molecule has 0 unspecified atom stereocenters. The van der Waals surface area contributed by atoms with Gasteiger partial charge in [-0.15, -0.1) is 10.2 Å². The van der Waals surface area contributed by atoms with Crippen LogP contribution in [-0.4, -0.2) is 22.6 Å². The molecule has 1 amide bonds. The van der Waals surface area contributed by atoms with Gasteiger partial charge in [0.05, 0.1) is 0 Å². The number of nitrogens with zero attached hydrogens (tertiary/aromatic N) is 2. The first kappa shape index (κ1) is 18.9. The van der Waals surface area contributed by atoms with Crippen LogP contribution in [0.25, 0.3) is 0 Å². The number of carbonyl (C=O) groups is 1. The number of anilines is 1. The van der Waals surface area contributed by atoms with Crippen LogP contribution in [0.2, 0.25) is 5.02 Å². The van der Waals surface area contributed by atoms with Crippen molar-refractivity contribution in [1.82, 2.24) is 15.5 Å². The van der Waals surface area contributed by atoms with Crippen molar-refractivity contribution >= 4 is 23.3 Å². The zero-order valence-electron chi connectivity index (χ0n) is 15.1. The van der Waals surface area contributed by atoms with E-state index >= 15 is 0 Å². The molecular weight excluding hydrogens is 360 g/mol. The first-order valence-electron chi connectivity index (χ1n) is 8.76. The maximum Gasteiger partial charge on any atom is 0.271 e. The lowest BCUT2D eigenvalue weighted by molar-refractivity contribution is 0.0948. The number of hydrogen-bond acceptors (Lipinski definition) is 4. The summed E-state index contributed by atoms with van der Waals surface area (Å²) in [6.07, 6.45) is 0.729. The van der Waals surface area contributed by atoms with E-state index < -0.39 is 0 Å². The van der Waals surface area contributed by atoms with Crippen molar-refractivity contribution in [2.75, 3.05) is 11.9 Å². The van der Waals surface area contributed by atoms with Crippen molar-refractivity contribution in [3.63, 3.8) is 0 Å². The summed E-state index contributed by atoms with van der Waals surface area (Å²) < 4.78 is 0. The number of aryl methyl sites for hydroxylation is 1. The molecule has 0 aliphatic heterocycles. The highest BCUT2D eigenvalue weighted by Crippen LogP contribution is 2.10. The molecule has 6 heteroatoms. The molecule has 5 nitrogen and oxygen atoms in total. The molecular formula is C21H21ClN4O. The molecule has 0 spiro atoms. The van der Waals surface area contributed by atoms with Crippen molar-refractivity contribution in [1.29, 1.82) is 0 Å². The number of rotatable bonds is 7. The molecule has 27 heavy (non-hydrogen) atoms. The maximum atomic E-state index is 12.2. The minimum Gasteiger partial charge on any atom is -0.365 e. The molecule has 0 saturated carbocycles. The third-order valence-corrected chi connectivity index (χ3v) is 4.36. The number of amides is 1. The highest BCUT2D eigenvalue weighted by Gasteiger charge is 2.07. The summed E-state index contributed by atoms with van der Waals surface area (Å²) in [6, 6.07) is 19.3. The lowest BCUT2D eigenvalue weighted by Gasteiger charge is -2.07. The monoisotopic (exact) mass is 380 g/mol. The second kappa shape index (κ2) is 9.14. The van der Waals surface area contributed by atoms with Crippen LogP contribution >= 0.6 is 11.6 Å². The van der Waals surface area contributed by atoms with Crippen LogP contribution in [0.1, 0.15) is 27.2 Å². The van der Waals surface area contributed by atoms with Crippen LogP contribution in [-0.2, 0) is 13.0 Å². The van der Waals surface area contributed by atoms with Gasteiger partial charge < -0.3 is 10.6 Å². The lowest BCUT2D eigenvalue weighted by atomic mass is 10.1. The zero-order valence-corrected chi connectivity index (χ0v) is 15.8. The molecule has 2 aromatic carbocycles. The largest absolute Gasteiger partial charge is 0.365 e. The minimum atomic E-state index is -0.235. The molecule has 0 aliphatic rings. The SMILES string of the molecule is Cc1ccc(CNc2ccc(C(=O)NCCc3ccc(Cl)cc3)nn2)cc1. The molecule has 0 atom stereocenters. The maximum absolute atomic E-state index is 12.2. The Kier molecular flexibility index (Phi) is 6.39. The van der Waals surface area contributed by atoms with Gasteiger partial charge in [0, 0.05) is 18.1 Å². The van der Waals surface area contributed by atoms with Gasteiger partial charge in [0.1, 0.15) is 5.82 Å². The van der Waals surface area contributed by atoms with Gasteiger partial charge in [0.25, 0.3) is 5.91 Å². The van der Waals surface area contributed by atoms with Crippen LogP contribution in [0.5, 0.6) is 0 Å². The van der Waals surface area contributed by atoms with E-state index in [1.165, 1.54) is 5.56 Å². The number of carbonyl (C=O) groups excluding carboxylic acids is 1. The van der Waals surface area contributed by atoms with E-state index in [0.717, 1.165) is 17.5 Å². The third kappa shape index (κ3) is 5.79. The van der Waals surface area contributed by atoms with E-state index in [9.17, 15) is 4.79 Å². The van der Waals surface area contributed by atoms with Gasteiger partial charge in [-0.2, -0.15) is 0 Å². The van der Waals surface area contributed by atoms with Crippen molar-refractivity contribution < 1.29 is 4.79 Å². The number of hydrogen-bond donors (Lipinski definition) is 2. The van der Waals surface area contributed by atoms with E-state index in [0.29, 0.717) is 29.6 Å². The molecule has 1 heterocycles. The zero-order chi connectivity index (χ0) is 19.1. The van der Waals surface area contributed by atoms with Crippen molar-refractivity contribution in [2.24, 2.45) is 0 Å². The molecule has 0 bridgehead atoms. The predicted octanol–water partition coefficient (Wildman–Crippen LogP) is 4.02. The molecule has 0 saturated heterocycles. The Hall–Kier alpha value is -2.92. The quantitative estimate of drug-likeness (QED) is 0.649. The van der Waals surface area contributed by atoms with Gasteiger partial charge >= 0.3 is 0 Å². The van der Waals surface area contributed by atoms with Crippen LogP contribution in [0.4, 0.5) is 5.82 Å². The molecule has 1 aromatic heterocycles. The summed E-state index contributed by atoms with van der Waals surface area (Å²) in [4.78, 5) is 12.2. The highest BCUT2D eigenvalue weighted by atomic mass is 35.5. The predicted molar refractivity (Wildman–Crippen MR) is 108 cm³/mol. The number of halogens is 1. The number of benzene rings is 2. The van der Waals surface area contributed by atoms with E-state index in [4.69, 9.17) is 11.6 Å². The van der Waals surface area contributed by atoms with Crippen molar-refractivity contribution in [3.05, 3.63) is 88.1 Å². The minimum absolute atomic E-state index is 0.235. The topological polar surface area (TPSA) is 66.9 Å². The second-order valence-corrected chi connectivity index (χ2v) is 6.71. The van der Waals surface area contributed by atoms with Gasteiger partial charge in [0.15, 0.2) is 5.69 Å². The van der Waals surface area contributed by atoms with Crippen molar-refractivity contribution in [2.45, 2.75) is 19.9 Å². The van der Waals surface area contributed by atoms with Crippen LogP contribution < -0.4 is 10.6 Å². The highest BCUT2D eigenvalue weighted by molar-refractivity contribution is 6.30. The van der Waals surface area contributed by atoms with Crippen LogP contribution in [0, 0.1) is 6.92 Å². The Morgan fingerprint density at radius 1 is 0.926 bits per heavy atom. The van der Waals surface area contributed by atoms with Crippen LogP contribution in [0.15, 0.2) is 60.7 Å². The summed E-state index contributed by atoms with van der Waals surface area (Å²) in [7, 11) is 0. The molecule has 138 valence electrons. The molecule has 2 N–H and O–H groups in total. The molecule has 0 radical (unpaired) electrons. The van der Waals surface area contributed by atoms with Gasteiger partial charge in [0.2, 0.25) is 0 Å². The molecule has 3 rings (SSSR count). The van der Waals surface area contributed by atoms with E-state index in [1.54, 1.807) is 12.1 Å². The molecule has 0 fully saturated rings. The fourth-order valence-corrected chi connectivity index (χ4v) is 2.63. The number of aromatic nitrogens is 2. The first-order valence-corrected chi connectivity index (χ1v) is 9.14. The third-order valence-electron chi connectivity index (χ3n) is 4.10. The standard InChI is InChI=1S/C21H21ClN4O/c1-15-2-4-17(5-3-15)14-24-20-11-10-19(25-26-20)21(27)23-13-12-16-6-8-18(22)9-7-16/h2-11H,12-14H2,1H3,(H,23,27)(H,24,26). The lowest BCUT2D eigenvalue weighted by Crippen LogP contribution is -2.26. The summed E-state index contributed by atoms with van der Waals surface area (Å²) >= 11 is 5.86. The van der Waals surface area contributed by atoms with Crippen molar-refractivity contribution in [3.8, 4) is 0 Å². The average molecular weight is 381 g/mol. The van der Waals surface area contributed by atoms with E-state index in [-0.39, 0.29) is 5.91 Å². The number of nitrogens with one attached hydrogen (secondary N) is 2.